The zero-order valence-electron chi connectivity index (χ0n) is 9.62. The third-order valence-corrected chi connectivity index (χ3v) is 2.18. The minimum absolute atomic E-state index is 0.00191. The Morgan fingerprint density at radius 2 is 2.39 bits per heavy atom. The van der Waals surface area contributed by atoms with Gasteiger partial charge in [0.1, 0.15) is 29.2 Å². The van der Waals surface area contributed by atoms with Gasteiger partial charge in [0.2, 0.25) is 0 Å². The SMILES string of the molecule is CC(O)(CO)CNc1ncc([N+](=O)[O-])cc1C#N. The molecule has 0 fully saturated rings. The maximum Gasteiger partial charge on any atom is 0.289 e. The van der Waals surface area contributed by atoms with Gasteiger partial charge in [0.25, 0.3) is 5.69 Å². The number of rotatable bonds is 5. The second kappa shape index (κ2) is 5.39. The lowest BCUT2D eigenvalue weighted by Crippen LogP contribution is -2.37. The van der Waals surface area contributed by atoms with Crippen LogP contribution in [0.1, 0.15) is 12.5 Å². The summed E-state index contributed by atoms with van der Waals surface area (Å²) >= 11 is 0. The van der Waals surface area contributed by atoms with Crippen molar-refractivity contribution in [3.05, 3.63) is 27.9 Å². The molecule has 0 spiro atoms. The van der Waals surface area contributed by atoms with E-state index in [1.807, 2.05) is 0 Å². The molecule has 3 N–H and O–H groups in total. The summed E-state index contributed by atoms with van der Waals surface area (Å²) in [6, 6.07) is 2.86. The topological polar surface area (TPSA) is 132 Å². The van der Waals surface area contributed by atoms with E-state index in [9.17, 15) is 15.2 Å². The zero-order chi connectivity index (χ0) is 13.8. The van der Waals surface area contributed by atoms with E-state index in [0.717, 1.165) is 12.3 Å². The Morgan fingerprint density at radius 1 is 1.72 bits per heavy atom. The number of nitriles is 1. The smallest absolute Gasteiger partial charge is 0.289 e. The third-order valence-electron chi connectivity index (χ3n) is 2.18. The first-order chi connectivity index (χ1) is 8.39. The Kier molecular flexibility index (Phi) is 4.14. The molecule has 1 rings (SSSR count). The second-order valence-electron chi connectivity index (χ2n) is 3.97. The number of hydrogen-bond acceptors (Lipinski definition) is 7. The highest BCUT2D eigenvalue weighted by Crippen LogP contribution is 2.18. The lowest BCUT2D eigenvalue weighted by Gasteiger charge is -2.21. The van der Waals surface area contributed by atoms with Crippen molar-refractivity contribution in [3.8, 4) is 6.07 Å². The molecule has 0 amide bonds. The molecule has 0 saturated carbocycles. The molecule has 1 aromatic heterocycles. The van der Waals surface area contributed by atoms with E-state index >= 15 is 0 Å². The number of aromatic nitrogens is 1. The predicted octanol–water partition coefficient (Wildman–Crippen LogP) is 0.0167. The van der Waals surface area contributed by atoms with E-state index in [2.05, 4.69) is 10.3 Å². The first-order valence-electron chi connectivity index (χ1n) is 5.01. The van der Waals surface area contributed by atoms with Crippen LogP contribution >= 0.6 is 0 Å². The number of hydrogen-bond donors (Lipinski definition) is 3. The molecule has 0 aliphatic carbocycles. The summed E-state index contributed by atoms with van der Waals surface area (Å²) in [4.78, 5) is 13.6. The van der Waals surface area contributed by atoms with Crippen molar-refractivity contribution in [3.63, 3.8) is 0 Å². The quantitative estimate of drug-likeness (QED) is 0.496. The van der Waals surface area contributed by atoms with Crippen molar-refractivity contribution < 1.29 is 15.1 Å². The molecular weight excluding hydrogens is 240 g/mol. The molecule has 96 valence electrons. The van der Waals surface area contributed by atoms with Crippen molar-refractivity contribution in [1.29, 1.82) is 5.26 Å². The van der Waals surface area contributed by atoms with Crippen LogP contribution in [0.4, 0.5) is 11.5 Å². The van der Waals surface area contributed by atoms with Crippen LogP contribution in [0.3, 0.4) is 0 Å². The number of nitrogens with one attached hydrogen (secondary N) is 1. The fourth-order valence-electron chi connectivity index (χ4n) is 1.11. The Morgan fingerprint density at radius 3 is 2.89 bits per heavy atom. The Labute approximate surface area is 103 Å². The van der Waals surface area contributed by atoms with Crippen LogP contribution in [-0.4, -0.2) is 38.9 Å². The number of anilines is 1. The van der Waals surface area contributed by atoms with Crippen molar-refractivity contribution in [2.45, 2.75) is 12.5 Å². The highest BCUT2D eigenvalue weighted by molar-refractivity contribution is 5.55. The first-order valence-corrected chi connectivity index (χ1v) is 5.01. The van der Waals surface area contributed by atoms with E-state index in [-0.39, 0.29) is 23.6 Å². The largest absolute Gasteiger partial charge is 0.393 e. The Bertz CT molecular complexity index is 495. The first kappa shape index (κ1) is 13.8. The van der Waals surface area contributed by atoms with Crippen LogP contribution in [0, 0.1) is 21.4 Å². The minimum Gasteiger partial charge on any atom is -0.393 e. The highest BCUT2D eigenvalue weighted by Gasteiger charge is 2.20. The van der Waals surface area contributed by atoms with Crippen LogP contribution < -0.4 is 5.32 Å². The van der Waals surface area contributed by atoms with Crippen molar-refractivity contribution in [2.75, 3.05) is 18.5 Å². The van der Waals surface area contributed by atoms with Gasteiger partial charge in [-0.2, -0.15) is 5.26 Å². The number of pyridine rings is 1. The maximum atomic E-state index is 10.5. The lowest BCUT2D eigenvalue weighted by molar-refractivity contribution is -0.385. The molecule has 0 saturated heterocycles. The minimum atomic E-state index is -1.36. The summed E-state index contributed by atoms with van der Waals surface area (Å²) in [6.45, 7) is 0.898. The second-order valence-corrected chi connectivity index (χ2v) is 3.97. The summed E-state index contributed by atoms with van der Waals surface area (Å²) in [6.07, 6.45) is 1.01. The molecule has 0 radical (unpaired) electrons. The van der Waals surface area contributed by atoms with Gasteiger partial charge in [-0.15, -0.1) is 0 Å². The standard InChI is InChI=1S/C10H12N4O4/c1-10(16,6-15)5-13-9-7(3-11)2-8(4-12-9)14(17)18/h2,4,15-16H,5-6H2,1H3,(H,12,13). The molecule has 1 heterocycles. The molecular formula is C10H12N4O4. The number of nitrogens with zero attached hydrogens (tertiary/aromatic N) is 3. The van der Waals surface area contributed by atoms with Crippen molar-refractivity contribution >= 4 is 11.5 Å². The summed E-state index contributed by atoms with van der Waals surface area (Å²) in [5.74, 6) is 0.122. The average Bonchev–Trinajstić information content (AvgIpc) is 2.36. The normalized spacial score (nSPS) is 13.4. The van der Waals surface area contributed by atoms with Gasteiger partial charge >= 0.3 is 0 Å². The summed E-state index contributed by atoms with van der Waals surface area (Å²) in [7, 11) is 0. The van der Waals surface area contributed by atoms with E-state index in [1.54, 1.807) is 6.07 Å². The van der Waals surface area contributed by atoms with Gasteiger partial charge in [-0.3, -0.25) is 10.1 Å². The predicted molar refractivity (Wildman–Crippen MR) is 61.8 cm³/mol. The van der Waals surface area contributed by atoms with Crippen LogP contribution in [0.5, 0.6) is 0 Å². The van der Waals surface area contributed by atoms with Gasteiger partial charge in [-0.05, 0) is 6.92 Å². The van der Waals surface area contributed by atoms with Crippen molar-refractivity contribution in [2.24, 2.45) is 0 Å². The molecule has 1 aromatic rings. The summed E-state index contributed by atoms with van der Waals surface area (Å²) < 4.78 is 0. The van der Waals surface area contributed by atoms with E-state index < -0.39 is 17.1 Å². The fourth-order valence-corrected chi connectivity index (χ4v) is 1.11. The van der Waals surface area contributed by atoms with E-state index in [0.29, 0.717) is 0 Å². The molecule has 0 aromatic carbocycles. The van der Waals surface area contributed by atoms with Gasteiger partial charge in [0.15, 0.2) is 0 Å². The molecule has 8 nitrogen and oxygen atoms in total. The van der Waals surface area contributed by atoms with Gasteiger partial charge < -0.3 is 15.5 Å². The van der Waals surface area contributed by atoms with Gasteiger partial charge in [-0.25, -0.2) is 4.98 Å². The molecule has 0 aliphatic heterocycles. The van der Waals surface area contributed by atoms with E-state index in [4.69, 9.17) is 10.4 Å². The Hall–Kier alpha value is -2.24. The van der Waals surface area contributed by atoms with Crippen LogP contribution in [0.25, 0.3) is 0 Å². The molecule has 1 atom stereocenters. The number of nitro groups is 1. The summed E-state index contributed by atoms with van der Waals surface area (Å²) in [5, 5.41) is 40.4. The van der Waals surface area contributed by atoms with Crippen LogP contribution in [0.15, 0.2) is 12.3 Å². The molecule has 8 heteroatoms. The van der Waals surface area contributed by atoms with Crippen LogP contribution in [0.2, 0.25) is 0 Å². The fraction of sp³-hybridized carbons (Fsp3) is 0.400. The van der Waals surface area contributed by atoms with E-state index in [1.165, 1.54) is 6.92 Å². The molecule has 1 unspecified atom stereocenters. The van der Waals surface area contributed by atoms with Crippen molar-refractivity contribution in [1.82, 2.24) is 4.98 Å². The number of aliphatic hydroxyl groups is 2. The lowest BCUT2D eigenvalue weighted by atomic mass is 10.1. The van der Waals surface area contributed by atoms with Crippen LogP contribution in [-0.2, 0) is 0 Å². The van der Waals surface area contributed by atoms with Gasteiger partial charge in [-0.1, -0.05) is 0 Å². The zero-order valence-corrected chi connectivity index (χ0v) is 9.62. The highest BCUT2D eigenvalue weighted by atomic mass is 16.6. The average molecular weight is 252 g/mol. The summed E-state index contributed by atoms with van der Waals surface area (Å²) in [5.41, 5.74) is -1.65. The Balaban J connectivity index is 2.91. The molecule has 0 aliphatic rings. The monoisotopic (exact) mass is 252 g/mol. The number of aliphatic hydroxyl groups excluding tert-OH is 1. The molecule has 18 heavy (non-hydrogen) atoms. The maximum absolute atomic E-state index is 10.5. The molecule has 0 bridgehead atoms. The van der Waals surface area contributed by atoms with Gasteiger partial charge in [0, 0.05) is 12.6 Å². The third kappa shape index (κ3) is 3.38. The van der Waals surface area contributed by atoms with Gasteiger partial charge in [0.05, 0.1) is 11.5 Å².